The Morgan fingerprint density at radius 2 is 0.694 bits per heavy atom. The van der Waals surface area contributed by atoms with Gasteiger partial charge in [-0.05, 0) is 89.9 Å². The van der Waals surface area contributed by atoms with Crippen LogP contribution in [0.1, 0.15) is 335 Å². The topological polar surface area (TPSA) is 95.9 Å². The lowest BCUT2D eigenvalue weighted by Crippen LogP contribution is -2.45. The number of ether oxygens (including phenoxy) is 1. The molecule has 2 atom stereocenters. The van der Waals surface area contributed by atoms with Gasteiger partial charge in [0.15, 0.2) is 0 Å². The monoisotopic (exact) mass is 1010 g/mol. The molecule has 0 fully saturated rings. The number of rotatable bonds is 59. The van der Waals surface area contributed by atoms with E-state index in [0.29, 0.717) is 19.4 Å². The van der Waals surface area contributed by atoms with E-state index in [-0.39, 0.29) is 18.5 Å². The van der Waals surface area contributed by atoms with Gasteiger partial charge in [-0.25, -0.2) is 0 Å². The number of aliphatic hydroxyl groups is 2. The maximum Gasteiger partial charge on any atom is 0.305 e. The molecule has 0 aromatic carbocycles. The second-order valence-corrected chi connectivity index (χ2v) is 21.7. The van der Waals surface area contributed by atoms with Crippen molar-refractivity contribution in [2.24, 2.45) is 0 Å². The minimum absolute atomic E-state index is 0.00126. The van der Waals surface area contributed by atoms with Crippen LogP contribution in [-0.4, -0.2) is 47.4 Å². The van der Waals surface area contributed by atoms with Crippen LogP contribution in [0.5, 0.6) is 0 Å². The van der Waals surface area contributed by atoms with E-state index in [1.807, 2.05) is 6.08 Å². The number of amides is 1. The minimum atomic E-state index is -0.847. The van der Waals surface area contributed by atoms with Crippen LogP contribution in [0, 0.1) is 0 Å². The van der Waals surface area contributed by atoms with E-state index in [1.165, 1.54) is 257 Å². The zero-order valence-electron chi connectivity index (χ0n) is 48.2. The van der Waals surface area contributed by atoms with Gasteiger partial charge in [0.25, 0.3) is 0 Å². The van der Waals surface area contributed by atoms with Crippen molar-refractivity contribution in [2.45, 2.75) is 347 Å². The lowest BCUT2D eigenvalue weighted by molar-refractivity contribution is -0.143. The van der Waals surface area contributed by atoms with Crippen LogP contribution in [0.15, 0.2) is 48.6 Å². The SMILES string of the molecule is CCCCC/C=C\C/C=C\CCCCCCCC(=O)OCCCCCCCCCCCCCC/C=C\CCCCCCCCCCCC(=O)NC(CO)C(O)/C=C/CCCCCCCCCCCCCCC. The Bertz CT molecular complexity index is 1210. The van der Waals surface area contributed by atoms with Gasteiger partial charge in [0.2, 0.25) is 5.91 Å². The van der Waals surface area contributed by atoms with Gasteiger partial charge >= 0.3 is 5.97 Å². The predicted molar refractivity (Wildman–Crippen MR) is 315 cm³/mol. The molecule has 72 heavy (non-hydrogen) atoms. The molecule has 0 bridgehead atoms. The van der Waals surface area contributed by atoms with Gasteiger partial charge in [-0.3, -0.25) is 9.59 Å². The number of allylic oxidation sites excluding steroid dienone is 7. The zero-order chi connectivity index (χ0) is 52.2. The van der Waals surface area contributed by atoms with Gasteiger partial charge in [-0.15, -0.1) is 0 Å². The van der Waals surface area contributed by atoms with Crippen LogP contribution < -0.4 is 5.32 Å². The van der Waals surface area contributed by atoms with Crippen molar-refractivity contribution in [3.05, 3.63) is 48.6 Å². The molecular weight excluding hydrogens is 887 g/mol. The Kier molecular flexibility index (Phi) is 59.5. The molecule has 0 aliphatic rings. The third-order valence-corrected chi connectivity index (χ3v) is 14.6. The van der Waals surface area contributed by atoms with Crippen LogP contribution in [-0.2, 0) is 14.3 Å². The molecule has 0 aromatic heterocycles. The van der Waals surface area contributed by atoms with Crippen molar-refractivity contribution in [3.8, 4) is 0 Å². The van der Waals surface area contributed by atoms with E-state index in [2.05, 4.69) is 55.6 Å². The Labute approximate surface area is 448 Å². The fourth-order valence-corrected chi connectivity index (χ4v) is 9.66. The second-order valence-electron chi connectivity index (χ2n) is 21.7. The summed E-state index contributed by atoms with van der Waals surface area (Å²) in [4.78, 5) is 24.5. The van der Waals surface area contributed by atoms with Crippen LogP contribution in [0.4, 0.5) is 0 Å². The fourth-order valence-electron chi connectivity index (χ4n) is 9.66. The van der Waals surface area contributed by atoms with Crippen molar-refractivity contribution in [1.82, 2.24) is 5.32 Å². The Morgan fingerprint density at radius 1 is 0.389 bits per heavy atom. The van der Waals surface area contributed by atoms with Gasteiger partial charge in [-0.1, -0.05) is 281 Å². The number of nitrogens with one attached hydrogen (secondary N) is 1. The van der Waals surface area contributed by atoms with Crippen LogP contribution in [0.3, 0.4) is 0 Å². The number of carbonyl (C=O) groups is 2. The van der Waals surface area contributed by atoms with Crippen molar-refractivity contribution < 1.29 is 24.5 Å². The molecule has 6 nitrogen and oxygen atoms in total. The smallest absolute Gasteiger partial charge is 0.305 e. The standard InChI is InChI=1S/C66H123NO5/c1-3-5-7-9-11-13-15-17-30-34-38-42-46-50-54-58-64(69)63(62-68)67-65(70)59-55-51-47-43-39-35-32-28-26-24-22-20-19-21-23-25-27-29-33-37-41-45-49-53-57-61-72-66(71)60-56-52-48-44-40-36-31-18-16-14-12-10-8-6-4-2/h12,14,18,20,22,31,54,58,63-64,68-69H,3-11,13,15-17,19,21,23-30,32-53,55-57,59-62H2,1-2H3,(H,67,70)/b14-12-,22-20-,31-18-,58-54+. The zero-order valence-corrected chi connectivity index (χ0v) is 48.2. The van der Waals surface area contributed by atoms with Crippen LogP contribution >= 0.6 is 0 Å². The third kappa shape index (κ3) is 57.1. The third-order valence-electron chi connectivity index (χ3n) is 14.6. The first-order chi connectivity index (χ1) is 35.5. The Balaban J connectivity index is 3.42. The molecule has 0 aliphatic carbocycles. The van der Waals surface area contributed by atoms with Gasteiger partial charge in [-0.2, -0.15) is 0 Å². The first kappa shape index (κ1) is 69.8. The number of aliphatic hydroxyl groups excluding tert-OH is 2. The molecule has 0 saturated carbocycles. The normalized spacial score (nSPS) is 12.9. The van der Waals surface area contributed by atoms with E-state index < -0.39 is 12.1 Å². The summed E-state index contributed by atoms with van der Waals surface area (Å²) in [6, 6.07) is -0.631. The molecule has 0 saturated heterocycles. The molecule has 1 amide bonds. The van der Waals surface area contributed by atoms with E-state index >= 15 is 0 Å². The van der Waals surface area contributed by atoms with Gasteiger partial charge in [0.05, 0.1) is 25.4 Å². The summed E-state index contributed by atoms with van der Waals surface area (Å²) in [5.41, 5.74) is 0. The molecular formula is C66H123NO5. The summed E-state index contributed by atoms with van der Waals surface area (Å²) in [7, 11) is 0. The molecule has 0 aliphatic heterocycles. The first-order valence-corrected chi connectivity index (χ1v) is 31.9. The predicted octanol–water partition coefficient (Wildman–Crippen LogP) is 20.1. The first-order valence-electron chi connectivity index (χ1n) is 31.9. The Hall–Kier alpha value is -2.18. The maximum absolute atomic E-state index is 12.5. The van der Waals surface area contributed by atoms with Gasteiger partial charge in [0, 0.05) is 12.8 Å². The molecule has 6 heteroatoms. The summed E-state index contributed by atoms with van der Waals surface area (Å²) < 4.78 is 5.48. The summed E-state index contributed by atoms with van der Waals surface area (Å²) in [5, 5.41) is 23.1. The van der Waals surface area contributed by atoms with E-state index in [0.717, 1.165) is 51.4 Å². The highest BCUT2D eigenvalue weighted by atomic mass is 16.5. The summed E-state index contributed by atoms with van der Waals surface area (Å²) in [6.07, 6.45) is 78.7. The number of carbonyl (C=O) groups excluding carboxylic acids is 2. The molecule has 0 radical (unpaired) electrons. The van der Waals surface area contributed by atoms with Crippen LogP contribution in [0.25, 0.3) is 0 Å². The maximum atomic E-state index is 12.5. The lowest BCUT2D eigenvalue weighted by Gasteiger charge is -2.20. The number of hydrogen-bond acceptors (Lipinski definition) is 5. The van der Waals surface area contributed by atoms with Crippen molar-refractivity contribution in [1.29, 1.82) is 0 Å². The van der Waals surface area contributed by atoms with Crippen LogP contribution in [0.2, 0.25) is 0 Å². The number of hydrogen-bond donors (Lipinski definition) is 3. The fraction of sp³-hybridized carbons (Fsp3) is 0.848. The van der Waals surface area contributed by atoms with Gasteiger partial charge < -0.3 is 20.3 Å². The average Bonchev–Trinajstić information content (AvgIpc) is 3.38. The summed E-state index contributed by atoms with van der Waals surface area (Å²) in [6.45, 7) is 4.88. The molecule has 0 heterocycles. The number of esters is 1. The summed E-state index contributed by atoms with van der Waals surface area (Å²) in [5.74, 6) is -0.0717. The highest BCUT2D eigenvalue weighted by molar-refractivity contribution is 5.76. The quantitative estimate of drug-likeness (QED) is 0.0320. The largest absolute Gasteiger partial charge is 0.466 e. The number of unbranched alkanes of at least 4 members (excludes halogenated alkanes) is 42. The summed E-state index contributed by atoms with van der Waals surface area (Å²) >= 11 is 0. The average molecular weight is 1010 g/mol. The molecule has 0 rings (SSSR count). The van der Waals surface area contributed by atoms with Crippen molar-refractivity contribution >= 4 is 11.9 Å². The highest BCUT2D eigenvalue weighted by Crippen LogP contribution is 2.17. The lowest BCUT2D eigenvalue weighted by atomic mass is 10.0. The second kappa shape index (κ2) is 61.4. The van der Waals surface area contributed by atoms with Crippen molar-refractivity contribution in [3.63, 3.8) is 0 Å². The molecule has 3 N–H and O–H groups in total. The van der Waals surface area contributed by atoms with Crippen molar-refractivity contribution in [2.75, 3.05) is 13.2 Å². The van der Waals surface area contributed by atoms with E-state index in [9.17, 15) is 19.8 Å². The Morgan fingerprint density at radius 3 is 1.10 bits per heavy atom. The minimum Gasteiger partial charge on any atom is -0.466 e. The van der Waals surface area contributed by atoms with Gasteiger partial charge in [0.1, 0.15) is 0 Å². The molecule has 0 aromatic rings. The highest BCUT2D eigenvalue weighted by Gasteiger charge is 2.18. The molecule has 422 valence electrons. The molecule has 0 spiro atoms. The molecule has 2 unspecified atom stereocenters. The van der Waals surface area contributed by atoms with E-state index in [1.54, 1.807) is 6.08 Å². The van der Waals surface area contributed by atoms with E-state index in [4.69, 9.17) is 4.74 Å².